The molecule has 1 aromatic carbocycles. The van der Waals surface area contributed by atoms with Gasteiger partial charge in [0.2, 0.25) is 0 Å². The van der Waals surface area contributed by atoms with Crippen LogP contribution in [-0.2, 0) is 6.42 Å². The highest BCUT2D eigenvalue weighted by atomic mass is 35.5. The molecular weight excluding hydrogens is 329 g/mol. The van der Waals surface area contributed by atoms with Crippen molar-refractivity contribution in [3.63, 3.8) is 0 Å². The van der Waals surface area contributed by atoms with Gasteiger partial charge in [-0.05, 0) is 49.4 Å². The Balaban J connectivity index is 1.90. The van der Waals surface area contributed by atoms with E-state index in [-0.39, 0.29) is 0 Å². The molecule has 1 N–H and O–H groups in total. The summed E-state index contributed by atoms with van der Waals surface area (Å²) in [6, 6.07) is 12.5. The van der Waals surface area contributed by atoms with Crippen molar-refractivity contribution in [3.8, 4) is 0 Å². The van der Waals surface area contributed by atoms with E-state index in [1.54, 1.807) is 11.3 Å². The molecule has 0 bridgehead atoms. The monoisotopic (exact) mass is 345 g/mol. The predicted octanol–water partition coefficient (Wildman–Crippen LogP) is 5.37. The molecule has 0 saturated carbocycles. The SMILES string of the molecule is CCNC(CSc1ccc(Cl)cc1)Cc1ccc(Cl)s1. The van der Waals surface area contributed by atoms with E-state index in [0.717, 1.165) is 28.1 Å². The molecule has 0 aliphatic heterocycles. The van der Waals surface area contributed by atoms with Gasteiger partial charge in [0.15, 0.2) is 0 Å². The van der Waals surface area contributed by atoms with Crippen LogP contribution in [0.4, 0.5) is 0 Å². The van der Waals surface area contributed by atoms with Crippen molar-refractivity contribution in [2.45, 2.75) is 24.3 Å². The van der Waals surface area contributed by atoms with E-state index >= 15 is 0 Å². The van der Waals surface area contributed by atoms with Gasteiger partial charge in [-0.15, -0.1) is 23.1 Å². The van der Waals surface area contributed by atoms with Gasteiger partial charge in [-0.2, -0.15) is 0 Å². The van der Waals surface area contributed by atoms with Crippen LogP contribution < -0.4 is 5.32 Å². The lowest BCUT2D eigenvalue weighted by molar-refractivity contribution is 0.576. The summed E-state index contributed by atoms with van der Waals surface area (Å²) < 4.78 is 0.862. The van der Waals surface area contributed by atoms with Crippen LogP contribution in [0.15, 0.2) is 41.3 Å². The highest BCUT2D eigenvalue weighted by molar-refractivity contribution is 7.99. The van der Waals surface area contributed by atoms with Crippen LogP contribution in [0.1, 0.15) is 11.8 Å². The number of thioether (sulfide) groups is 1. The first-order valence-corrected chi connectivity index (χ1v) is 9.09. The van der Waals surface area contributed by atoms with Crippen LogP contribution in [0.5, 0.6) is 0 Å². The first-order valence-electron chi connectivity index (χ1n) is 6.53. The fraction of sp³-hybridized carbons (Fsp3) is 0.333. The minimum Gasteiger partial charge on any atom is -0.313 e. The van der Waals surface area contributed by atoms with Gasteiger partial charge in [-0.1, -0.05) is 30.1 Å². The molecule has 0 aliphatic rings. The second-order valence-electron chi connectivity index (χ2n) is 4.43. The third-order valence-electron chi connectivity index (χ3n) is 2.83. The van der Waals surface area contributed by atoms with Gasteiger partial charge in [-0.3, -0.25) is 0 Å². The molecule has 1 atom stereocenters. The smallest absolute Gasteiger partial charge is 0.0931 e. The Morgan fingerprint density at radius 3 is 2.50 bits per heavy atom. The lowest BCUT2D eigenvalue weighted by atomic mass is 10.2. The summed E-state index contributed by atoms with van der Waals surface area (Å²) in [6.45, 7) is 3.12. The zero-order valence-electron chi connectivity index (χ0n) is 11.2. The van der Waals surface area contributed by atoms with E-state index in [1.165, 1.54) is 9.77 Å². The number of halogens is 2. The number of benzene rings is 1. The van der Waals surface area contributed by atoms with Gasteiger partial charge in [0.25, 0.3) is 0 Å². The Morgan fingerprint density at radius 1 is 1.15 bits per heavy atom. The molecule has 20 heavy (non-hydrogen) atoms. The molecule has 2 aromatic rings. The molecule has 5 heteroatoms. The Hall–Kier alpha value is -0.190. The minimum absolute atomic E-state index is 0.454. The van der Waals surface area contributed by atoms with Gasteiger partial charge in [0.1, 0.15) is 0 Å². The molecule has 2 rings (SSSR count). The standard InChI is InChI=1S/C15H17Cl2NS2/c1-2-18-12(9-14-7-8-15(17)20-14)10-19-13-5-3-11(16)4-6-13/h3-8,12,18H,2,9-10H2,1H3. The van der Waals surface area contributed by atoms with Crippen molar-refractivity contribution in [2.24, 2.45) is 0 Å². The molecule has 1 unspecified atom stereocenters. The van der Waals surface area contributed by atoms with Gasteiger partial charge in [0, 0.05) is 26.6 Å². The lowest BCUT2D eigenvalue weighted by Gasteiger charge is -2.16. The summed E-state index contributed by atoms with van der Waals surface area (Å²) in [5, 5.41) is 4.32. The highest BCUT2D eigenvalue weighted by Gasteiger charge is 2.10. The number of hydrogen-bond donors (Lipinski definition) is 1. The van der Waals surface area contributed by atoms with Gasteiger partial charge >= 0.3 is 0 Å². The zero-order chi connectivity index (χ0) is 14.4. The Kier molecular flexibility index (Phi) is 6.72. The number of hydrogen-bond acceptors (Lipinski definition) is 3. The van der Waals surface area contributed by atoms with Crippen LogP contribution in [0.3, 0.4) is 0 Å². The van der Waals surface area contributed by atoms with Crippen LogP contribution in [0, 0.1) is 0 Å². The molecule has 0 saturated heterocycles. The normalized spacial score (nSPS) is 12.6. The molecule has 1 aromatic heterocycles. The van der Waals surface area contributed by atoms with Crippen molar-refractivity contribution in [1.82, 2.24) is 5.32 Å². The summed E-state index contributed by atoms with van der Waals surface area (Å²) in [5.74, 6) is 1.03. The number of rotatable bonds is 7. The molecule has 1 nitrogen and oxygen atoms in total. The Morgan fingerprint density at radius 2 is 1.90 bits per heavy atom. The molecule has 108 valence electrons. The van der Waals surface area contributed by atoms with E-state index in [2.05, 4.69) is 30.4 Å². The van der Waals surface area contributed by atoms with Gasteiger partial charge in [0.05, 0.1) is 4.34 Å². The lowest BCUT2D eigenvalue weighted by Crippen LogP contribution is -2.32. The van der Waals surface area contributed by atoms with Crippen LogP contribution >= 0.6 is 46.3 Å². The summed E-state index contributed by atoms with van der Waals surface area (Å²) in [6.07, 6.45) is 1.02. The molecule has 0 aliphatic carbocycles. The topological polar surface area (TPSA) is 12.0 Å². The van der Waals surface area contributed by atoms with Crippen molar-refractivity contribution in [2.75, 3.05) is 12.3 Å². The van der Waals surface area contributed by atoms with Crippen molar-refractivity contribution in [1.29, 1.82) is 0 Å². The molecule has 0 amide bonds. The number of thiophene rings is 1. The Labute approximate surface area is 138 Å². The number of likely N-dealkylation sites (N-methyl/N-ethyl adjacent to an activating group) is 1. The van der Waals surface area contributed by atoms with Crippen molar-refractivity contribution < 1.29 is 0 Å². The molecule has 0 fully saturated rings. The first-order chi connectivity index (χ1) is 9.67. The largest absolute Gasteiger partial charge is 0.313 e. The third kappa shape index (κ3) is 5.30. The maximum Gasteiger partial charge on any atom is 0.0931 e. The van der Waals surface area contributed by atoms with Gasteiger partial charge < -0.3 is 5.32 Å². The average molecular weight is 346 g/mol. The zero-order valence-corrected chi connectivity index (χ0v) is 14.4. The average Bonchev–Trinajstić information content (AvgIpc) is 2.83. The highest BCUT2D eigenvalue weighted by Crippen LogP contribution is 2.25. The van der Waals surface area contributed by atoms with Gasteiger partial charge in [-0.25, -0.2) is 0 Å². The maximum absolute atomic E-state index is 5.99. The minimum atomic E-state index is 0.454. The van der Waals surface area contributed by atoms with Crippen LogP contribution in [-0.4, -0.2) is 18.3 Å². The Bertz CT molecular complexity index is 525. The van der Waals surface area contributed by atoms with Crippen molar-refractivity contribution in [3.05, 3.63) is 50.6 Å². The maximum atomic E-state index is 5.99. The van der Waals surface area contributed by atoms with Crippen molar-refractivity contribution >= 4 is 46.3 Å². The van der Waals surface area contributed by atoms with E-state index < -0.39 is 0 Å². The fourth-order valence-corrected chi connectivity index (χ4v) is 4.16. The summed E-state index contributed by atoms with van der Waals surface area (Å²) in [5.41, 5.74) is 0. The molecule has 0 radical (unpaired) electrons. The summed E-state index contributed by atoms with van der Waals surface area (Å²) in [4.78, 5) is 2.58. The quantitative estimate of drug-likeness (QED) is 0.677. The second kappa shape index (κ2) is 8.30. The molecular formula is C15H17Cl2NS2. The first kappa shape index (κ1) is 16.2. The number of nitrogens with one attached hydrogen (secondary N) is 1. The third-order valence-corrected chi connectivity index (χ3v) is 5.51. The predicted molar refractivity (Wildman–Crippen MR) is 92.7 cm³/mol. The van der Waals surface area contributed by atoms with E-state index in [4.69, 9.17) is 23.2 Å². The van der Waals surface area contributed by atoms with Crippen LogP contribution in [0.2, 0.25) is 9.36 Å². The molecule has 0 spiro atoms. The summed E-state index contributed by atoms with van der Waals surface area (Å²) in [7, 11) is 0. The van der Waals surface area contributed by atoms with E-state index in [9.17, 15) is 0 Å². The molecule has 1 heterocycles. The summed E-state index contributed by atoms with van der Waals surface area (Å²) >= 11 is 15.4. The fourth-order valence-electron chi connectivity index (χ4n) is 1.91. The second-order valence-corrected chi connectivity index (χ2v) is 7.76. The van der Waals surface area contributed by atoms with E-state index in [0.29, 0.717) is 6.04 Å². The van der Waals surface area contributed by atoms with Crippen LogP contribution in [0.25, 0.3) is 0 Å². The van der Waals surface area contributed by atoms with E-state index in [1.807, 2.05) is 30.0 Å².